The fourth-order valence-electron chi connectivity index (χ4n) is 8.77. The van der Waals surface area contributed by atoms with Crippen LogP contribution >= 0.6 is 0 Å². The first kappa shape index (κ1) is 34.7. The van der Waals surface area contributed by atoms with Gasteiger partial charge in [0.15, 0.2) is 0 Å². The summed E-state index contributed by atoms with van der Waals surface area (Å²) in [7, 11) is 0. The van der Waals surface area contributed by atoms with E-state index in [-0.39, 0.29) is 18.3 Å². The lowest BCUT2D eigenvalue weighted by Crippen LogP contribution is -2.60. The Bertz CT molecular complexity index is 755. The fourth-order valence-corrected chi connectivity index (χ4v) is 8.77. The van der Waals surface area contributed by atoms with Crippen LogP contribution in [-0.4, -0.2) is 0 Å². The molecule has 8 atom stereocenters. The van der Waals surface area contributed by atoms with Crippen molar-refractivity contribution in [2.75, 3.05) is 0 Å². The summed E-state index contributed by atoms with van der Waals surface area (Å²) in [5, 5.41) is 10.4. The Labute approximate surface area is 227 Å². The topological polar surface area (TPSA) is 23.8 Å². The molecule has 36 heavy (non-hydrogen) atoms. The Balaban J connectivity index is 0.00000163. The van der Waals surface area contributed by atoms with Gasteiger partial charge in [-0.3, -0.25) is 0 Å². The molecule has 4 rings (SSSR count). The summed E-state index contributed by atoms with van der Waals surface area (Å²) in [5.74, 6) is 3.53. The van der Waals surface area contributed by atoms with Crippen LogP contribution in [0.25, 0.3) is 0 Å². The van der Waals surface area contributed by atoms with Gasteiger partial charge in [0.2, 0.25) is 0 Å². The van der Waals surface area contributed by atoms with E-state index in [4.69, 9.17) is 0 Å². The molecular formula is C35H63N. The van der Waals surface area contributed by atoms with E-state index in [0.29, 0.717) is 17.3 Å². The molecule has 6 unspecified atom stereocenters. The molecule has 4 aliphatic carbocycles. The number of allylic oxidation sites excluding steroid dienone is 3. The van der Waals surface area contributed by atoms with Gasteiger partial charge in [0, 0.05) is 0 Å². The third kappa shape index (κ3) is 5.89. The van der Waals surface area contributed by atoms with Gasteiger partial charge in [-0.15, -0.1) is 13.2 Å². The van der Waals surface area contributed by atoms with E-state index < -0.39 is 0 Å². The van der Waals surface area contributed by atoms with Crippen molar-refractivity contribution in [2.45, 2.75) is 134 Å². The van der Waals surface area contributed by atoms with Gasteiger partial charge in [-0.05, 0) is 112 Å². The van der Waals surface area contributed by atoms with E-state index in [1.165, 1.54) is 49.7 Å². The molecule has 0 bridgehead atoms. The maximum absolute atomic E-state index is 10.4. The summed E-state index contributed by atoms with van der Waals surface area (Å²) in [6, 6.07) is 2.88. The Morgan fingerprint density at radius 1 is 1.03 bits per heavy atom. The Morgan fingerprint density at radius 3 is 2.17 bits per heavy atom. The summed E-state index contributed by atoms with van der Waals surface area (Å²) in [6.07, 6.45) is 14.4. The third-order valence-electron chi connectivity index (χ3n) is 10.5. The van der Waals surface area contributed by atoms with Crippen LogP contribution in [0.4, 0.5) is 0 Å². The molecule has 1 heteroatoms. The monoisotopic (exact) mass is 497 g/mol. The van der Waals surface area contributed by atoms with Crippen LogP contribution < -0.4 is 0 Å². The highest BCUT2D eigenvalue weighted by atomic mass is 14.7. The van der Waals surface area contributed by atoms with E-state index in [0.717, 1.165) is 43.4 Å². The lowest BCUT2D eigenvalue weighted by molar-refractivity contribution is -0.147. The van der Waals surface area contributed by atoms with Crippen LogP contribution in [0.1, 0.15) is 134 Å². The van der Waals surface area contributed by atoms with Crippen LogP contribution in [0.15, 0.2) is 37.0 Å². The molecule has 0 spiro atoms. The summed E-state index contributed by atoms with van der Waals surface area (Å²) in [6.45, 7) is 32.0. The second-order valence-electron chi connectivity index (χ2n) is 11.7. The van der Waals surface area contributed by atoms with Gasteiger partial charge in [-0.25, -0.2) is 0 Å². The predicted molar refractivity (Wildman–Crippen MR) is 163 cm³/mol. The number of fused-ring (bicyclic) bond motifs is 5. The average molecular weight is 498 g/mol. The van der Waals surface area contributed by atoms with E-state index in [2.05, 4.69) is 52.7 Å². The van der Waals surface area contributed by atoms with Gasteiger partial charge in [0.25, 0.3) is 0 Å². The van der Waals surface area contributed by atoms with Gasteiger partial charge in [-0.2, -0.15) is 5.26 Å². The molecule has 208 valence electrons. The highest BCUT2D eigenvalue weighted by Gasteiger charge is 2.66. The first-order valence-electron chi connectivity index (χ1n) is 15.1. The van der Waals surface area contributed by atoms with Crippen LogP contribution in [0.3, 0.4) is 0 Å². The molecule has 0 N–H and O–H groups in total. The fraction of sp³-hybridized carbons (Fsp3) is 0.800. The maximum Gasteiger partial charge on any atom is 0.0699 e. The van der Waals surface area contributed by atoms with Gasteiger partial charge < -0.3 is 0 Å². The minimum atomic E-state index is -0.228. The molecule has 1 nitrogen and oxygen atoms in total. The van der Waals surface area contributed by atoms with E-state index in [1.807, 2.05) is 41.5 Å². The molecule has 4 fully saturated rings. The highest BCUT2D eigenvalue weighted by Crippen LogP contribution is 2.72. The standard InChI is InChI=1S/C28H41N.3C2H6.CH4/c1-7-21-17-28(18-29)16-20(4)12-15-27(28,6)24-13-14-26(5)22(9-8-19(2)3)10-11-23(26)25(21)24;3*1-2;/h7,21-25H,1-2,4,8-17H2,3,5-6H3;3*1-2H3;1H4/t21-,22-,23?,24?,25?,26?,27?,28?;;;;/m1..../s1. The van der Waals surface area contributed by atoms with Gasteiger partial charge in [-0.1, -0.05) is 86.6 Å². The minimum Gasteiger partial charge on any atom is -0.198 e. The zero-order valence-corrected chi connectivity index (χ0v) is 25.1. The molecule has 0 heterocycles. The van der Waals surface area contributed by atoms with E-state index in [1.54, 1.807) is 0 Å². The van der Waals surface area contributed by atoms with Gasteiger partial charge in [0.1, 0.15) is 0 Å². The van der Waals surface area contributed by atoms with Crippen molar-refractivity contribution in [1.82, 2.24) is 0 Å². The summed E-state index contributed by atoms with van der Waals surface area (Å²) < 4.78 is 0. The number of nitriles is 1. The number of hydrogen-bond acceptors (Lipinski definition) is 1. The summed E-state index contributed by atoms with van der Waals surface area (Å²) in [4.78, 5) is 0. The van der Waals surface area contributed by atoms with Crippen molar-refractivity contribution in [3.8, 4) is 6.07 Å². The van der Waals surface area contributed by atoms with Crippen molar-refractivity contribution in [2.24, 2.45) is 45.8 Å². The van der Waals surface area contributed by atoms with E-state index in [9.17, 15) is 5.26 Å². The second-order valence-corrected chi connectivity index (χ2v) is 11.7. The maximum atomic E-state index is 10.4. The first-order valence-corrected chi connectivity index (χ1v) is 15.1. The number of nitrogens with zero attached hydrogens (tertiary/aromatic N) is 1. The smallest absolute Gasteiger partial charge is 0.0699 e. The predicted octanol–water partition coefficient (Wildman–Crippen LogP) is 11.6. The van der Waals surface area contributed by atoms with Crippen molar-refractivity contribution >= 4 is 0 Å². The molecule has 0 amide bonds. The SMILES string of the molecule is C.C=C[C@@H]1CC2(C#N)CC(=C)CCC2(C)C2CCC3(C)C(CC[C@H]3CCC(=C)C)C21.CC.CC.CC. The second kappa shape index (κ2) is 14.6. The first-order chi connectivity index (χ1) is 16.7. The van der Waals surface area contributed by atoms with Crippen LogP contribution in [0, 0.1) is 57.2 Å². The van der Waals surface area contributed by atoms with Gasteiger partial charge >= 0.3 is 0 Å². The quantitative estimate of drug-likeness (QED) is 0.354. The van der Waals surface area contributed by atoms with Crippen molar-refractivity contribution in [1.29, 1.82) is 5.26 Å². The largest absolute Gasteiger partial charge is 0.198 e. The highest BCUT2D eigenvalue weighted by molar-refractivity contribution is 5.26. The summed E-state index contributed by atoms with van der Waals surface area (Å²) >= 11 is 0. The molecular weight excluding hydrogens is 434 g/mol. The Kier molecular flexibility index (Phi) is 14.1. The van der Waals surface area contributed by atoms with Crippen molar-refractivity contribution < 1.29 is 0 Å². The normalized spacial score (nSPS) is 39.8. The lowest BCUT2D eigenvalue weighted by Gasteiger charge is -2.65. The molecule has 0 aliphatic heterocycles. The Morgan fingerprint density at radius 2 is 1.64 bits per heavy atom. The van der Waals surface area contributed by atoms with Crippen molar-refractivity contribution in [3.05, 3.63) is 37.0 Å². The lowest BCUT2D eigenvalue weighted by atomic mass is 9.38. The van der Waals surface area contributed by atoms with Gasteiger partial charge in [0.05, 0.1) is 11.5 Å². The van der Waals surface area contributed by atoms with Crippen LogP contribution in [-0.2, 0) is 0 Å². The van der Waals surface area contributed by atoms with Crippen LogP contribution in [0.5, 0.6) is 0 Å². The van der Waals surface area contributed by atoms with E-state index >= 15 is 0 Å². The Hall–Kier alpha value is -1.29. The third-order valence-corrected chi connectivity index (χ3v) is 10.5. The van der Waals surface area contributed by atoms with Crippen molar-refractivity contribution in [3.63, 3.8) is 0 Å². The minimum absolute atomic E-state index is 0. The molecule has 0 saturated heterocycles. The zero-order chi connectivity index (χ0) is 27.0. The molecule has 0 aromatic carbocycles. The molecule has 0 aromatic rings. The van der Waals surface area contributed by atoms with Crippen LogP contribution in [0.2, 0.25) is 0 Å². The average Bonchev–Trinajstić information content (AvgIpc) is 3.22. The molecule has 0 aromatic heterocycles. The number of rotatable bonds is 4. The zero-order valence-electron chi connectivity index (χ0n) is 25.1. The number of hydrogen-bond donors (Lipinski definition) is 0. The molecule has 4 saturated carbocycles. The molecule has 0 radical (unpaired) electrons. The summed E-state index contributed by atoms with van der Waals surface area (Å²) in [5.41, 5.74) is 3.02. The molecule has 4 aliphatic rings.